The van der Waals surface area contributed by atoms with Crippen molar-refractivity contribution < 1.29 is 23.8 Å². The van der Waals surface area contributed by atoms with Crippen molar-refractivity contribution in [2.45, 2.75) is 102 Å². The van der Waals surface area contributed by atoms with Gasteiger partial charge in [-0.25, -0.2) is 0 Å². The van der Waals surface area contributed by atoms with E-state index < -0.39 is 5.60 Å². The standard InChI is InChI=1S/C29H36O5/c1-5-29(34-19(3)31)15-13-25-27-24(12-14-28(25,29)4)23-11-10-22(33-21-8-6-7-9-21)16-20(23)17-26(27)32-18(2)30/h1,10-11,16,21,24-27H,6-9,12-15,17H2,2-4H3/t24-,25+,26-,27-,28+,29+/m1/s1. The van der Waals surface area contributed by atoms with Crippen LogP contribution in [0.4, 0.5) is 0 Å². The number of terminal acetylenes is 1. The molecular weight excluding hydrogens is 428 g/mol. The highest BCUT2D eigenvalue weighted by molar-refractivity contribution is 5.67. The van der Waals surface area contributed by atoms with Crippen molar-refractivity contribution in [1.29, 1.82) is 0 Å². The highest BCUT2D eigenvalue weighted by atomic mass is 16.6. The number of carbonyl (C=O) groups is 2. The zero-order valence-electron chi connectivity index (χ0n) is 20.6. The summed E-state index contributed by atoms with van der Waals surface area (Å²) < 4.78 is 18.1. The van der Waals surface area contributed by atoms with Crippen LogP contribution in [0.1, 0.15) is 89.2 Å². The van der Waals surface area contributed by atoms with E-state index in [1.807, 2.05) is 0 Å². The fourth-order valence-corrected chi connectivity index (χ4v) is 7.83. The fourth-order valence-electron chi connectivity index (χ4n) is 7.83. The van der Waals surface area contributed by atoms with Crippen molar-refractivity contribution in [3.8, 4) is 18.1 Å². The van der Waals surface area contributed by atoms with Gasteiger partial charge >= 0.3 is 11.9 Å². The minimum absolute atomic E-state index is 0.155. The lowest BCUT2D eigenvalue weighted by Crippen LogP contribution is -2.55. The van der Waals surface area contributed by atoms with Crippen LogP contribution in [0.25, 0.3) is 0 Å². The number of rotatable bonds is 4. The first kappa shape index (κ1) is 23.3. The number of carbonyl (C=O) groups excluding carboxylic acids is 2. The van der Waals surface area contributed by atoms with E-state index in [0.717, 1.165) is 37.9 Å². The summed E-state index contributed by atoms with van der Waals surface area (Å²) in [5, 5.41) is 0. The molecule has 5 nitrogen and oxygen atoms in total. The molecular formula is C29H36O5. The SMILES string of the molecule is C#C[C@]1(OC(C)=O)CC[C@H]2[C@H]3[C@H](CC[C@@]21C)c1ccc(OC2CCCC2)cc1C[C@H]3OC(C)=O. The second kappa shape index (κ2) is 8.63. The maximum atomic E-state index is 12.1. The Hall–Kier alpha value is -2.48. The van der Waals surface area contributed by atoms with Gasteiger partial charge in [-0.2, -0.15) is 0 Å². The van der Waals surface area contributed by atoms with Gasteiger partial charge in [0, 0.05) is 31.6 Å². The topological polar surface area (TPSA) is 61.8 Å². The van der Waals surface area contributed by atoms with Gasteiger partial charge in [-0.3, -0.25) is 9.59 Å². The molecule has 3 saturated carbocycles. The van der Waals surface area contributed by atoms with Crippen LogP contribution in [0.5, 0.6) is 5.75 Å². The molecule has 1 aromatic rings. The van der Waals surface area contributed by atoms with E-state index >= 15 is 0 Å². The van der Waals surface area contributed by atoms with E-state index in [2.05, 4.69) is 31.0 Å². The van der Waals surface area contributed by atoms with Crippen molar-refractivity contribution in [3.63, 3.8) is 0 Å². The van der Waals surface area contributed by atoms with E-state index in [1.165, 1.54) is 37.8 Å². The van der Waals surface area contributed by atoms with Crippen LogP contribution in [0.2, 0.25) is 0 Å². The average Bonchev–Trinajstić information content (AvgIpc) is 3.39. The number of fused-ring (bicyclic) bond motifs is 5. The van der Waals surface area contributed by atoms with Gasteiger partial charge in [-0.15, -0.1) is 6.42 Å². The quantitative estimate of drug-likeness (QED) is 0.445. The van der Waals surface area contributed by atoms with Gasteiger partial charge in [-0.1, -0.05) is 18.9 Å². The monoisotopic (exact) mass is 464 g/mol. The Balaban J connectivity index is 1.49. The number of hydrogen-bond donors (Lipinski definition) is 0. The molecule has 0 radical (unpaired) electrons. The molecule has 3 fully saturated rings. The molecule has 4 aliphatic rings. The summed E-state index contributed by atoms with van der Waals surface area (Å²) in [5.74, 6) is 3.90. The predicted molar refractivity (Wildman–Crippen MR) is 128 cm³/mol. The molecule has 4 aliphatic carbocycles. The molecule has 6 atom stereocenters. The van der Waals surface area contributed by atoms with Gasteiger partial charge in [0.05, 0.1) is 6.10 Å². The maximum absolute atomic E-state index is 12.1. The van der Waals surface area contributed by atoms with Crippen LogP contribution in [-0.2, 0) is 25.5 Å². The molecule has 0 saturated heterocycles. The Bertz CT molecular complexity index is 1020. The van der Waals surface area contributed by atoms with Gasteiger partial charge in [0.2, 0.25) is 0 Å². The summed E-state index contributed by atoms with van der Waals surface area (Å²) >= 11 is 0. The van der Waals surface area contributed by atoms with Crippen molar-refractivity contribution >= 4 is 11.9 Å². The largest absolute Gasteiger partial charge is 0.490 e. The van der Waals surface area contributed by atoms with Crippen molar-refractivity contribution in [3.05, 3.63) is 29.3 Å². The van der Waals surface area contributed by atoms with Gasteiger partial charge in [0.15, 0.2) is 5.60 Å². The molecule has 34 heavy (non-hydrogen) atoms. The van der Waals surface area contributed by atoms with Gasteiger partial charge in [-0.05, 0) is 86.5 Å². The first-order chi connectivity index (χ1) is 16.3. The minimum Gasteiger partial charge on any atom is -0.490 e. The second-order valence-electron chi connectivity index (χ2n) is 11.1. The van der Waals surface area contributed by atoms with Crippen LogP contribution in [-0.4, -0.2) is 29.7 Å². The summed E-state index contributed by atoms with van der Waals surface area (Å²) in [6, 6.07) is 6.53. The van der Waals surface area contributed by atoms with E-state index in [1.54, 1.807) is 0 Å². The highest BCUT2D eigenvalue weighted by Gasteiger charge is 2.65. The van der Waals surface area contributed by atoms with Crippen molar-refractivity contribution in [1.82, 2.24) is 0 Å². The molecule has 0 amide bonds. The molecule has 0 heterocycles. The Labute approximate surface area is 202 Å². The smallest absolute Gasteiger partial charge is 0.304 e. The Kier molecular flexibility index (Phi) is 5.91. The molecule has 0 unspecified atom stereocenters. The first-order valence-electron chi connectivity index (χ1n) is 12.9. The highest BCUT2D eigenvalue weighted by Crippen LogP contribution is 2.65. The number of benzene rings is 1. The van der Waals surface area contributed by atoms with Crippen LogP contribution < -0.4 is 4.74 Å². The maximum Gasteiger partial charge on any atom is 0.304 e. The molecule has 0 spiro atoms. The van der Waals surface area contributed by atoms with E-state index in [9.17, 15) is 9.59 Å². The predicted octanol–water partition coefficient (Wildman–Crippen LogP) is 5.34. The lowest BCUT2D eigenvalue weighted by molar-refractivity contribution is -0.170. The third-order valence-corrected chi connectivity index (χ3v) is 9.29. The second-order valence-corrected chi connectivity index (χ2v) is 11.1. The normalized spacial score (nSPS) is 36.5. The molecule has 1 aromatic carbocycles. The van der Waals surface area contributed by atoms with Crippen LogP contribution in [0.3, 0.4) is 0 Å². The molecule has 182 valence electrons. The molecule has 0 aromatic heterocycles. The zero-order chi connectivity index (χ0) is 24.1. The van der Waals surface area contributed by atoms with E-state index in [0.29, 0.717) is 18.9 Å². The number of hydrogen-bond acceptors (Lipinski definition) is 5. The number of esters is 2. The minimum atomic E-state index is -0.894. The summed E-state index contributed by atoms with van der Waals surface area (Å²) in [6.45, 7) is 5.11. The lowest BCUT2D eigenvalue weighted by Gasteiger charge is -2.54. The van der Waals surface area contributed by atoms with Gasteiger partial charge < -0.3 is 14.2 Å². The summed E-state index contributed by atoms with van der Waals surface area (Å²) in [4.78, 5) is 24.1. The first-order valence-corrected chi connectivity index (χ1v) is 12.9. The summed E-state index contributed by atoms with van der Waals surface area (Å²) in [7, 11) is 0. The molecule has 5 rings (SSSR count). The Morgan fingerprint density at radius 2 is 1.82 bits per heavy atom. The fraction of sp³-hybridized carbons (Fsp3) is 0.655. The summed E-state index contributed by atoms with van der Waals surface area (Å²) in [5.41, 5.74) is 1.34. The van der Waals surface area contributed by atoms with Gasteiger partial charge in [0.1, 0.15) is 11.9 Å². The molecule has 5 heteroatoms. The van der Waals surface area contributed by atoms with E-state index in [-0.39, 0.29) is 41.2 Å². The molecule has 0 bridgehead atoms. The molecule has 0 aliphatic heterocycles. The third-order valence-electron chi connectivity index (χ3n) is 9.29. The van der Waals surface area contributed by atoms with Crippen molar-refractivity contribution in [2.75, 3.05) is 0 Å². The summed E-state index contributed by atoms with van der Waals surface area (Å²) in [6.07, 6.45) is 14.8. The van der Waals surface area contributed by atoms with Crippen LogP contribution >= 0.6 is 0 Å². The third kappa shape index (κ3) is 3.70. The van der Waals surface area contributed by atoms with E-state index in [4.69, 9.17) is 20.6 Å². The van der Waals surface area contributed by atoms with Crippen LogP contribution in [0.15, 0.2) is 18.2 Å². The Morgan fingerprint density at radius 1 is 1.06 bits per heavy atom. The van der Waals surface area contributed by atoms with Gasteiger partial charge in [0.25, 0.3) is 0 Å². The average molecular weight is 465 g/mol. The molecule has 0 N–H and O–H groups in total. The lowest BCUT2D eigenvalue weighted by atomic mass is 9.52. The van der Waals surface area contributed by atoms with Crippen molar-refractivity contribution in [2.24, 2.45) is 17.3 Å². The number of ether oxygens (including phenoxy) is 3. The Morgan fingerprint density at radius 3 is 2.50 bits per heavy atom. The van der Waals surface area contributed by atoms with Crippen LogP contribution in [0, 0.1) is 29.6 Å². The zero-order valence-corrected chi connectivity index (χ0v) is 20.6.